The molecule has 0 aromatic carbocycles. The van der Waals surface area contributed by atoms with E-state index in [0.717, 1.165) is 19.3 Å². The summed E-state index contributed by atoms with van der Waals surface area (Å²) in [5.74, 6) is -0.697. The molecule has 1 atom stereocenters. The maximum absolute atomic E-state index is 12.3. The monoisotopic (exact) mass is 238 g/mol. The Balaban J connectivity index is 2.24. The van der Waals surface area contributed by atoms with Crippen LogP contribution in [0.3, 0.4) is 0 Å². The second-order valence-electron chi connectivity index (χ2n) is 5.01. The molecule has 2 fully saturated rings. The van der Waals surface area contributed by atoms with Crippen LogP contribution in [0, 0.1) is 5.41 Å². The third kappa shape index (κ3) is 1.64. The van der Waals surface area contributed by atoms with Gasteiger partial charge in [0.1, 0.15) is 5.41 Å². The Morgan fingerprint density at radius 3 is 2.47 bits per heavy atom. The molecule has 2 aliphatic rings. The summed E-state index contributed by atoms with van der Waals surface area (Å²) in [4.78, 5) is 37.0. The van der Waals surface area contributed by atoms with E-state index >= 15 is 0 Å². The first-order valence-electron chi connectivity index (χ1n) is 6.22. The average molecular weight is 238 g/mol. The SMILES string of the molecule is CCCC(C)N1C(=O)NC(=O)C2(CCC2)C1=O. The van der Waals surface area contributed by atoms with E-state index in [1.807, 2.05) is 13.8 Å². The van der Waals surface area contributed by atoms with Crippen LogP contribution in [0.5, 0.6) is 0 Å². The molecule has 4 amide bonds. The normalized spacial score (nSPS) is 24.6. The molecule has 0 aromatic heterocycles. The summed E-state index contributed by atoms with van der Waals surface area (Å²) < 4.78 is 0. The fraction of sp³-hybridized carbons (Fsp3) is 0.750. The highest BCUT2D eigenvalue weighted by molar-refractivity contribution is 6.19. The molecule has 1 N–H and O–H groups in total. The van der Waals surface area contributed by atoms with Gasteiger partial charge in [-0.2, -0.15) is 0 Å². The molecule has 1 aliphatic carbocycles. The van der Waals surface area contributed by atoms with Crippen molar-refractivity contribution in [1.82, 2.24) is 10.2 Å². The highest BCUT2D eigenvalue weighted by Gasteiger charge is 2.57. The minimum absolute atomic E-state index is 0.141. The van der Waals surface area contributed by atoms with Gasteiger partial charge in [-0.15, -0.1) is 0 Å². The Kier molecular flexibility index (Phi) is 2.93. The van der Waals surface area contributed by atoms with Crippen LogP contribution in [0.1, 0.15) is 46.0 Å². The average Bonchev–Trinajstić information content (AvgIpc) is 2.14. The first kappa shape index (κ1) is 12.1. The van der Waals surface area contributed by atoms with Gasteiger partial charge >= 0.3 is 6.03 Å². The number of nitrogens with zero attached hydrogens (tertiary/aromatic N) is 1. The molecule has 0 aromatic rings. The Morgan fingerprint density at radius 1 is 1.35 bits per heavy atom. The van der Waals surface area contributed by atoms with Crippen molar-refractivity contribution in [2.75, 3.05) is 0 Å². The summed E-state index contributed by atoms with van der Waals surface area (Å²) in [5.41, 5.74) is -0.935. The van der Waals surface area contributed by atoms with Crippen LogP contribution in [0.15, 0.2) is 0 Å². The Morgan fingerprint density at radius 2 is 2.00 bits per heavy atom. The molecule has 94 valence electrons. The molecule has 5 nitrogen and oxygen atoms in total. The zero-order valence-electron chi connectivity index (χ0n) is 10.3. The molecule has 1 saturated heterocycles. The minimum Gasteiger partial charge on any atom is -0.277 e. The smallest absolute Gasteiger partial charge is 0.277 e. The molecule has 0 bridgehead atoms. The molecule has 17 heavy (non-hydrogen) atoms. The van der Waals surface area contributed by atoms with E-state index in [1.165, 1.54) is 4.90 Å². The second-order valence-corrected chi connectivity index (χ2v) is 5.01. The number of rotatable bonds is 3. The quantitative estimate of drug-likeness (QED) is 0.756. The van der Waals surface area contributed by atoms with Gasteiger partial charge in [0.2, 0.25) is 11.8 Å². The fourth-order valence-corrected chi connectivity index (χ4v) is 2.62. The van der Waals surface area contributed by atoms with E-state index in [-0.39, 0.29) is 11.9 Å². The van der Waals surface area contributed by atoms with Gasteiger partial charge in [-0.3, -0.25) is 19.8 Å². The molecule has 5 heteroatoms. The van der Waals surface area contributed by atoms with Gasteiger partial charge in [-0.05, 0) is 26.2 Å². The maximum atomic E-state index is 12.3. The lowest BCUT2D eigenvalue weighted by molar-refractivity contribution is -0.159. The van der Waals surface area contributed by atoms with E-state index in [9.17, 15) is 14.4 Å². The summed E-state index contributed by atoms with van der Waals surface area (Å²) >= 11 is 0. The lowest BCUT2D eigenvalue weighted by Crippen LogP contribution is -2.67. The molecule has 1 aliphatic heterocycles. The third-order valence-corrected chi connectivity index (χ3v) is 3.86. The van der Waals surface area contributed by atoms with E-state index < -0.39 is 17.4 Å². The van der Waals surface area contributed by atoms with Gasteiger partial charge in [-0.25, -0.2) is 4.79 Å². The Hall–Kier alpha value is -1.39. The van der Waals surface area contributed by atoms with Crippen molar-refractivity contribution in [3.8, 4) is 0 Å². The Bertz CT molecular complexity index is 374. The third-order valence-electron chi connectivity index (χ3n) is 3.86. The van der Waals surface area contributed by atoms with Crippen LogP contribution in [0.25, 0.3) is 0 Å². The highest BCUT2D eigenvalue weighted by Crippen LogP contribution is 2.44. The van der Waals surface area contributed by atoms with Gasteiger partial charge in [0.05, 0.1) is 0 Å². The lowest BCUT2D eigenvalue weighted by atomic mass is 9.66. The van der Waals surface area contributed by atoms with Gasteiger partial charge in [-0.1, -0.05) is 19.8 Å². The number of barbiturate groups is 1. The van der Waals surface area contributed by atoms with Crippen LogP contribution in [-0.2, 0) is 9.59 Å². The molecule has 1 spiro atoms. The first-order chi connectivity index (χ1) is 8.03. The van der Waals surface area contributed by atoms with Crippen molar-refractivity contribution in [3.05, 3.63) is 0 Å². The molecular weight excluding hydrogens is 220 g/mol. The van der Waals surface area contributed by atoms with E-state index in [4.69, 9.17) is 0 Å². The van der Waals surface area contributed by atoms with Crippen LogP contribution in [0.4, 0.5) is 4.79 Å². The maximum Gasteiger partial charge on any atom is 0.331 e. The van der Waals surface area contributed by atoms with Crippen molar-refractivity contribution in [1.29, 1.82) is 0 Å². The summed E-state index contributed by atoms with van der Waals surface area (Å²) in [6.45, 7) is 3.86. The zero-order chi connectivity index (χ0) is 12.6. The number of carbonyl (C=O) groups excluding carboxylic acids is 3. The number of carbonyl (C=O) groups is 3. The van der Waals surface area contributed by atoms with Crippen molar-refractivity contribution < 1.29 is 14.4 Å². The zero-order valence-corrected chi connectivity index (χ0v) is 10.3. The number of imide groups is 2. The van der Waals surface area contributed by atoms with Crippen LogP contribution < -0.4 is 5.32 Å². The van der Waals surface area contributed by atoms with Gasteiger partial charge in [0.15, 0.2) is 0 Å². The first-order valence-corrected chi connectivity index (χ1v) is 6.22. The molecule has 2 rings (SSSR count). The second kappa shape index (κ2) is 4.13. The summed E-state index contributed by atoms with van der Waals surface area (Å²) in [5, 5.41) is 2.32. The predicted molar refractivity (Wildman–Crippen MR) is 61.0 cm³/mol. The molecule has 0 radical (unpaired) electrons. The van der Waals surface area contributed by atoms with Gasteiger partial charge < -0.3 is 0 Å². The fourth-order valence-electron chi connectivity index (χ4n) is 2.62. The van der Waals surface area contributed by atoms with Crippen molar-refractivity contribution in [3.63, 3.8) is 0 Å². The van der Waals surface area contributed by atoms with Crippen LogP contribution >= 0.6 is 0 Å². The standard InChI is InChI=1S/C12H18N2O3/c1-3-5-8(2)14-10(16)12(6-4-7-12)9(15)13-11(14)17/h8H,3-7H2,1-2H3,(H,13,15,17). The molecule has 1 heterocycles. The molecular formula is C12H18N2O3. The number of hydrogen-bond donors (Lipinski definition) is 1. The van der Waals surface area contributed by atoms with Crippen LogP contribution in [0.2, 0.25) is 0 Å². The summed E-state index contributed by atoms with van der Waals surface area (Å²) in [6.07, 6.45) is 3.69. The molecule has 1 saturated carbocycles. The number of urea groups is 1. The minimum atomic E-state index is -0.935. The topological polar surface area (TPSA) is 66.5 Å². The molecule has 1 unspecified atom stereocenters. The van der Waals surface area contributed by atoms with Crippen molar-refractivity contribution in [2.45, 2.75) is 52.0 Å². The summed E-state index contributed by atoms with van der Waals surface area (Å²) in [6, 6.07) is -0.698. The van der Waals surface area contributed by atoms with Gasteiger partial charge in [0.25, 0.3) is 0 Å². The largest absolute Gasteiger partial charge is 0.331 e. The van der Waals surface area contributed by atoms with E-state index in [2.05, 4.69) is 5.32 Å². The number of nitrogens with one attached hydrogen (secondary N) is 1. The van der Waals surface area contributed by atoms with E-state index in [1.54, 1.807) is 0 Å². The number of amides is 4. The van der Waals surface area contributed by atoms with E-state index in [0.29, 0.717) is 12.8 Å². The van der Waals surface area contributed by atoms with Crippen LogP contribution in [-0.4, -0.2) is 28.8 Å². The Labute approximate surface area is 101 Å². The lowest BCUT2D eigenvalue weighted by Gasteiger charge is -2.46. The predicted octanol–water partition coefficient (Wildman–Crippen LogP) is 1.42. The highest BCUT2D eigenvalue weighted by atomic mass is 16.2. The number of hydrogen-bond acceptors (Lipinski definition) is 3. The van der Waals surface area contributed by atoms with Crippen molar-refractivity contribution >= 4 is 17.8 Å². The summed E-state index contributed by atoms with van der Waals surface area (Å²) in [7, 11) is 0. The van der Waals surface area contributed by atoms with Crippen molar-refractivity contribution in [2.24, 2.45) is 5.41 Å². The van der Waals surface area contributed by atoms with Gasteiger partial charge in [0, 0.05) is 6.04 Å².